The second-order valence-corrected chi connectivity index (χ2v) is 3.86. The number of phenolic OH excluding ortho intramolecular Hbond substituents is 1. The number of nitrogens with one attached hydrogen (secondary N) is 1. The van der Waals surface area contributed by atoms with Crippen molar-refractivity contribution in [2.24, 2.45) is 0 Å². The number of rotatable bonds is 1. The van der Waals surface area contributed by atoms with E-state index in [1.165, 1.54) is 18.9 Å². The molecule has 0 saturated heterocycles. The normalized spacial score (nSPS) is 16.4. The van der Waals surface area contributed by atoms with Gasteiger partial charge in [0.2, 0.25) is 0 Å². The van der Waals surface area contributed by atoms with E-state index in [2.05, 4.69) is 4.98 Å². The van der Waals surface area contributed by atoms with Gasteiger partial charge in [0.15, 0.2) is 11.6 Å². The van der Waals surface area contributed by atoms with E-state index in [0.717, 1.165) is 11.2 Å². The molecule has 0 unspecified atom stereocenters. The molecule has 1 fully saturated rings. The summed E-state index contributed by atoms with van der Waals surface area (Å²) < 4.78 is 13.4. The monoisotopic (exact) mass is 191 g/mol. The molecule has 0 amide bonds. The number of hydrogen-bond donors (Lipinski definition) is 2. The molecule has 1 heterocycles. The van der Waals surface area contributed by atoms with Crippen molar-refractivity contribution in [2.75, 3.05) is 0 Å². The van der Waals surface area contributed by atoms with E-state index in [1.54, 1.807) is 6.07 Å². The zero-order valence-corrected chi connectivity index (χ0v) is 7.55. The molecule has 2 aromatic rings. The number of fused-ring (bicyclic) bond motifs is 1. The smallest absolute Gasteiger partial charge is 0.174 e. The summed E-state index contributed by atoms with van der Waals surface area (Å²) in [4.78, 5) is 3.17. The van der Waals surface area contributed by atoms with Gasteiger partial charge in [0, 0.05) is 16.6 Å². The Labute approximate surface area is 80.4 Å². The summed E-state index contributed by atoms with van der Waals surface area (Å²) in [5.74, 6) is -0.228. The minimum atomic E-state index is -0.523. The van der Waals surface area contributed by atoms with E-state index in [-0.39, 0.29) is 5.75 Å². The quantitative estimate of drug-likeness (QED) is 0.714. The summed E-state index contributed by atoms with van der Waals surface area (Å²) in [6, 6.07) is 4.90. The first-order valence-corrected chi connectivity index (χ1v) is 4.76. The Bertz CT molecular complexity index is 499. The second kappa shape index (κ2) is 2.50. The van der Waals surface area contributed by atoms with Crippen LogP contribution in [0.2, 0.25) is 0 Å². The Balaban J connectivity index is 2.26. The fourth-order valence-corrected chi connectivity index (χ4v) is 1.79. The van der Waals surface area contributed by atoms with Crippen LogP contribution in [0.15, 0.2) is 18.2 Å². The molecule has 3 heteroatoms. The second-order valence-electron chi connectivity index (χ2n) is 3.86. The highest BCUT2D eigenvalue weighted by Gasteiger charge is 2.25. The van der Waals surface area contributed by atoms with Crippen LogP contribution in [-0.4, -0.2) is 10.1 Å². The van der Waals surface area contributed by atoms with Crippen molar-refractivity contribution >= 4 is 10.9 Å². The van der Waals surface area contributed by atoms with Crippen LogP contribution in [0.25, 0.3) is 10.9 Å². The molecule has 14 heavy (non-hydrogen) atoms. The van der Waals surface area contributed by atoms with Gasteiger partial charge in [-0.05, 0) is 37.0 Å². The van der Waals surface area contributed by atoms with Crippen LogP contribution >= 0.6 is 0 Å². The number of hydrogen-bond acceptors (Lipinski definition) is 1. The van der Waals surface area contributed by atoms with Crippen molar-refractivity contribution in [3.05, 3.63) is 29.7 Å². The molecule has 1 aromatic heterocycles. The number of aromatic nitrogens is 1. The van der Waals surface area contributed by atoms with Gasteiger partial charge in [-0.25, -0.2) is 4.39 Å². The Morgan fingerprint density at radius 3 is 2.86 bits per heavy atom. The molecule has 1 saturated carbocycles. The summed E-state index contributed by atoms with van der Waals surface area (Å²) in [5.41, 5.74) is 1.85. The third kappa shape index (κ3) is 1.02. The van der Waals surface area contributed by atoms with Gasteiger partial charge < -0.3 is 10.1 Å². The number of aromatic amines is 1. The van der Waals surface area contributed by atoms with Gasteiger partial charge >= 0.3 is 0 Å². The van der Waals surface area contributed by atoms with Crippen LogP contribution in [0.3, 0.4) is 0 Å². The van der Waals surface area contributed by atoms with Crippen LogP contribution in [0.4, 0.5) is 4.39 Å². The Morgan fingerprint density at radius 2 is 2.14 bits per heavy atom. The van der Waals surface area contributed by atoms with E-state index < -0.39 is 5.82 Å². The Hall–Kier alpha value is -1.51. The van der Waals surface area contributed by atoms with Crippen molar-refractivity contribution < 1.29 is 9.50 Å². The molecule has 1 aliphatic rings. The maximum Gasteiger partial charge on any atom is 0.174 e. The third-order valence-electron chi connectivity index (χ3n) is 2.76. The summed E-state index contributed by atoms with van der Waals surface area (Å²) in [5, 5.41) is 9.68. The molecule has 0 aliphatic heterocycles. The molecule has 0 radical (unpaired) electrons. The van der Waals surface area contributed by atoms with Crippen LogP contribution in [0, 0.1) is 5.82 Å². The molecular weight excluding hydrogens is 181 g/mol. The molecule has 0 atom stereocenters. The Kier molecular flexibility index (Phi) is 1.40. The maximum atomic E-state index is 13.4. The fraction of sp³-hybridized carbons (Fsp3) is 0.273. The summed E-state index contributed by atoms with van der Waals surface area (Å²) in [6.07, 6.45) is 2.36. The topological polar surface area (TPSA) is 36.0 Å². The summed E-state index contributed by atoms with van der Waals surface area (Å²) in [7, 11) is 0. The zero-order valence-electron chi connectivity index (χ0n) is 7.55. The van der Waals surface area contributed by atoms with Crippen molar-refractivity contribution in [3.8, 4) is 5.75 Å². The lowest BCUT2D eigenvalue weighted by atomic mass is 10.2. The highest BCUT2D eigenvalue weighted by atomic mass is 19.1. The van der Waals surface area contributed by atoms with Gasteiger partial charge in [0.25, 0.3) is 0 Å². The van der Waals surface area contributed by atoms with Crippen molar-refractivity contribution in [1.29, 1.82) is 0 Å². The van der Waals surface area contributed by atoms with Gasteiger partial charge in [0.05, 0.1) is 0 Å². The molecule has 72 valence electrons. The average molecular weight is 191 g/mol. The van der Waals surface area contributed by atoms with Gasteiger partial charge in [-0.1, -0.05) is 0 Å². The molecule has 2 N–H and O–H groups in total. The van der Waals surface area contributed by atoms with E-state index in [0.29, 0.717) is 11.3 Å². The predicted octanol–water partition coefficient (Wildman–Crippen LogP) is 2.89. The average Bonchev–Trinajstić information content (AvgIpc) is 2.93. The van der Waals surface area contributed by atoms with E-state index in [9.17, 15) is 9.50 Å². The highest BCUT2D eigenvalue weighted by molar-refractivity contribution is 5.83. The Morgan fingerprint density at radius 1 is 1.36 bits per heavy atom. The lowest BCUT2D eigenvalue weighted by Crippen LogP contribution is -1.76. The zero-order chi connectivity index (χ0) is 9.71. The number of H-pyrrole nitrogens is 1. The van der Waals surface area contributed by atoms with E-state index in [4.69, 9.17) is 0 Å². The number of halogens is 1. The van der Waals surface area contributed by atoms with Crippen LogP contribution < -0.4 is 0 Å². The van der Waals surface area contributed by atoms with Crippen molar-refractivity contribution in [2.45, 2.75) is 18.8 Å². The lowest BCUT2D eigenvalue weighted by Gasteiger charge is -1.94. The van der Waals surface area contributed by atoms with Gasteiger partial charge in [-0.3, -0.25) is 0 Å². The van der Waals surface area contributed by atoms with E-state index in [1.807, 2.05) is 6.07 Å². The van der Waals surface area contributed by atoms with Crippen LogP contribution in [0.5, 0.6) is 5.75 Å². The lowest BCUT2D eigenvalue weighted by molar-refractivity contribution is 0.436. The molecule has 2 nitrogen and oxygen atoms in total. The van der Waals surface area contributed by atoms with Gasteiger partial charge in [-0.15, -0.1) is 0 Å². The molecular formula is C11H10FNO. The first kappa shape index (κ1) is 7.85. The molecule has 3 rings (SSSR count). The van der Waals surface area contributed by atoms with Gasteiger partial charge in [-0.2, -0.15) is 0 Å². The van der Waals surface area contributed by atoms with Crippen molar-refractivity contribution in [3.63, 3.8) is 0 Å². The fourth-order valence-electron chi connectivity index (χ4n) is 1.79. The minimum absolute atomic E-state index is 0.279. The van der Waals surface area contributed by atoms with Crippen molar-refractivity contribution in [1.82, 2.24) is 4.98 Å². The maximum absolute atomic E-state index is 13.4. The standard InChI is InChI=1S/C11H10FNO/c12-11-7-5-9(6-1-2-6)13-8(7)3-4-10(11)14/h3-6,13-14H,1-2H2. The largest absolute Gasteiger partial charge is 0.505 e. The minimum Gasteiger partial charge on any atom is -0.505 e. The summed E-state index contributed by atoms with van der Waals surface area (Å²) in [6.45, 7) is 0. The molecule has 0 bridgehead atoms. The molecule has 1 aliphatic carbocycles. The predicted molar refractivity (Wildman–Crippen MR) is 51.9 cm³/mol. The number of benzene rings is 1. The molecule has 1 aromatic carbocycles. The third-order valence-corrected chi connectivity index (χ3v) is 2.76. The highest BCUT2D eigenvalue weighted by Crippen LogP contribution is 2.41. The van der Waals surface area contributed by atoms with Crippen LogP contribution in [0.1, 0.15) is 24.5 Å². The van der Waals surface area contributed by atoms with Crippen LogP contribution in [-0.2, 0) is 0 Å². The van der Waals surface area contributed by atoms with E-state index >= 15 is 0 Å². The SMILES string of the molecule is Oc1ccc2[nH]c(C3CC3)cc2c1F. The number of aromatic hydroxyl groups is 1. The first-order chi connectivity index (χ1) is 6.75. The summed E-state index contributed by atoms with van der Waals surface area (Å²) >= 11 is 0. The first-order valence-electron chi connectivity index (χ1n) is 4.76. The molecule has 0 spiro atoms. The van der Waals surface area contributed by atoms with Gasteiger partial charge in [0.1, 0.15) is 0 Å². The number of phenols is 1.